The molecule has 0 aliphatic carbocycles. The fourth-order valence-corrected chi connectivity index (χ4v) is 5.17. The Labute approximate surface area is 219 Å². The molecule has 0 saturated carbocycles. The molecule has 2 aliphatic rings. The van der Waals surface area contributed by atoms with Crippen LogP contribution in [0.2, 0.25) is 0 Å². The van der Waals surface area contributed by atoms with Gasteiger partial charge in [-0.15, -0.1) is 0 Å². The number of halogens is 3. The summed E-state index contributed by atoms with van der Waals surface area (Å²) in [4.78, 5) is 26.7. The van der Waals surface area contributed by atoms with Crippen LogP contribution in [0.15, 0.2) is 42.5 Å². The second-order valence-corrected chi connectivity index (χ2v) is 9.77. The molecular formula is C27H32F3N3O5. The summed E-state index contributed by atoms with van der Waals surface area (Å²) in [5.74, 6) is 1.36. The monoisotopic (exact) mass is 535 g/mol. The highest BCUT2D eigenvalue weighted by Gasteiger charge is 2.39. The SMILES string of the molecule is COc1ccc(C2CCN(CCC(=O)N3CCC(Oc4ccc([N+](=O)[O-])c(C(F)(F)F)c4)CC3)CC2)cc1. The van der Waals surface area contributed by atoms with E-state index in [2.05, 4.69) is 17.0 Å². The van der Waals surface area contributed by atoms with Crippen LogP contribution < -0.4 is 9.47 Å². The molecule has 0 unspecified atom stereocenters. The minimum atomic E-state index is -4.86. The molecule has 0 radical (unpaired) electrons. The molecule has 38 heavy (non-hydrogen) atoms. The highest BCUT2D eigenvalue weighted by Crippen LogP contribution is 2.38. The third-order valence-corrected chi connectivity index (χ3v) is 7.38. The lowest BCUT2D eigenvalue weighted by atomic mass is 9.89. The van der Waals surface area contributed by atoms with Gasteiger partial charge >= 0.3 is 6.18 Å². The van der Waals surface area contributed by atoms with Crippen molar-refractivity contribution in [2.75, 3.05) is 39.8 Å². The lowest BCUT2D eigenvalue weighted by Crippen LogP contribution is -2.43. The number of amides is 1. The van der Waals surface area contributed by atoms with Crippen LogP contribution in [0, 0.1) is 10.1 Å². The van der Waals surface area contributed by atoms with Gasteiger partial charge in [0.05, 0.1) is 12.0 Å². The van der Waals surface area contributed by atoms with Gasteiger partial charge in [-0.25, -0.2) is 0 Å². The van der Waals surface area contributed by atoms with Gasteiger partial charge < -0.3 is 19.3 Å². The van der Waals surface area contributed by atoms with E-state index in [4.69, 9.17) is 9.47 Å². The zero-order valence-corrected chi connectivity index (χ0v) is 21.3. The van der Waals surface area contributed by atoms with Crippen molar-refractivity contribution < 1.29 is 32.4 Å². The number of nitro groups is 1. The fraction of sp³-hybridized carbons (Fsp3) is 0.519. The second-order valence-electron chi connectivity index (χ2n) is 9.77. The first kappa shape index (κ1) is 27.7. The molecule has 0 spiro atoms. The van der Waals surface area contributed by atoms with Gasteiger partial charge in [-0.3, -0.25) is 14.9 Å². The molecule has 2 aliphatic heterocycles. The zero-order chi connectivity index (χ0) is 27.3. The van der Waals surface area contributed by atoms with E-state index in [0.29, 0.717) is 50.9 Å². The molecule has 0 bridgehead atoms. The van der Waals surface area contributed by atoms with Crippen LogP contribution in [-0.4, -0.2) is 66.6 Å². The van der Waals surface area contributed by atoms with Crippen LogP contribution in [-0.2, 0) is 11.0 Å². The Morgan fingerprint density at radius 2 is 1.63 bits per heavy atom. The van der Waals surface area contributed by atoms with Crippen molar-refractivity contribution in [2.24, 2.45) is 0 Å². The van der Waals surface area contributed by atoms with Crippen molar-refractivity contribution in [3.63, 3.8) is 0 Å². The summed E-state index contributed by atoms with van der Waals surface area (Å²) in [7, 11) is 1.66. The standard InChI is InChI=1S/C27H32F3N3O5/c1-37-21-4-2-19(3-5-21)20-8-13-31(14-9-20)15-12-26(34)32-16-10-22(11-17-32)38-23-6-7-25(33(35)36)24(18-23)27(28,29)30/h2-7,18,20,22H,8-17H2,1H3. The van der Waals surface area contributed by atoms with Crippen LogP contribution in [0.25, 0.3) is 0 Å². The number of nitrogens with zero attached hydrogens (tertiary/aromatic N) is 3. The Morgan fingerprint density at radius 3 is 2.21 bits per heavy atom. The summed E-state index contributed by atoms with van der Waals surface area (Å²) in [5.41, 5.74) is -1.02. The summed E-state index contributed by atoms with van der Waals surface area (Å²) >= 11 is 0. The summed E-state index contributed by atoms with van der Waals surface area (Å²) in [6.07, 6.45) is -1.74. The van der Waals surface area contributed by atoms with Crippen molar-refractivity contribution in [3.8, 4) is 11.5 Å². The molecule has 4 rings (SSSR count). The van der Waals surface area contributed by atoms with E-state index in [-0.39, 0.29) is 17.8 Å². The van der Waals surface area contributed by atoms with Crippen molar-refractivity contribution in [1.82, 2.24) is 9.80 Å². The number of rotatable bonds is 8. The normalized spacial score (nSPS) is 17.8. The minimum absolute atomic E-state index is 0.0641. The van der Waals surface area contributed by atoms with Gasteiger partial charge in [0, 0.05) is 45.0 Å². The molecule has 0 aromatic heterocycles. The van der Waals surface area contributed by atoms with Gasteiger partial charge in [-0.05, 0) is 61.7 Å². The zero-order valence-electron chi connectivity index (χ0n) is 21.3. The predicted octanol–water partition coefficient (Wildman–Crippen LogP) is 5.26. The maximum absolute atomic E-state index is 13.2. The van der Waals surface area contributed by atoms with E-state index in [1.54, 1.807) is 12.0 Å². The lowest BCUT2D eigenvalue weighted by molar-refractivity contribution is -0.388. The number of benzene rings is 2. The highest BCUT2D eigenvalue weighted by atomic mass is 19.4. The third kappa shape index (κ3) is 6.94. The van der Waals surface area contributed by atoms with Crippen molar-refractivity contribution >= 4 is 11.6 Å². The minimum Gasteiger partial charge on any atom is -0.497 e. The number of alkyl halides is 3. The molecule has 2 fully saturated rings. The van der Waals surface area contributed by atoms with Gasteiger partial charge in [0.1, 0.15) is 23.2 Å². The fourth-order valence-electron chi connectivity index (χ4n) is 5.17. The quantitative estimate of drug-likeness (QED) is 0.339. The molecule has 0 N–H and O–H groups in total. The van der Waals surface area contributed by atoms with E-state index >= 15 is 0 Å². The van der Waals surface area contributed by atoms with E-state index in [1.807, 2.05) is 12.1 Å². The summed E-state index contributed by atoms with van der Waals surface area (Å²) in [6, 6.07) is 10.9. The average molecular weight is 536 g/mol. The number of ether oxygens (including phenoxy) is 2. The van der Waals surface area contributed by atoms with Gasteiger partial charge in [0.2, 0.25) is 5.91 Å². The summed E-state index contributed by atoms with van der Waals surface area (Å²) in [6.45, 7) is 3.50. The molecule has 2 aromatic carbocycles. The number of carbonyl (C=O) groups is 1. The van der Waals surface area contributed by atoms with Crippen LogP contribution in [0.1, 0.15) is 49.1 Å². The smallest absolute Gasteiger partial charge is 0.423 e. The number of piperidine rings is 2. The first-order valence-electron chi connectivity index (χ1n) is 12.8. The van der Waals surface area contributed by atoms with Gasteiger partial charge in [0.25, 0.3) is 5.69 Å². The number of hydrogen-bond acceptors (Lipinski definition) is 6. The molecule has 206 valence electrons. The lowest BCUT2D eigenvalue weighted by Gasteiger charge is -2.34. The number of nitro benzene ring substituents is 1. The second kappa shape index (κ2) is 12.0. The molecule has 2 saturated heterocycles. The predicted molar refractivity (Wildman–Crippen MR) is 134 cm³/mol. The van der Waals surface area contributed by atoms with Gasteiger partial charge in [-0.2, -0.15) is 13.2 Å². The highest BCUT2D eigenvalue weighted by molar-refractivity contribution is 5.76. The Hall–Kier alpha value is -3.34. The molecule has 0 atom stereocenters. The van der Waals surface area contributed by atoms with Crippen LogP contribution >= 0.6 is 0 Å². The topological polar surface area (TPSA) is 85.2 Å². The molecule has 8 nitrogen and oxygen atoms in total. The van der Waals surface area contributed by atoms with Crippen molar-refractivity contribution in [3.05, 3.63) is 63.7 Å². The van der Waals surface area contributed by atoms with Crippen LogP contribution in [0.5, 0.6) is 11.5 Å². The first-order chi connectivity index (χ1) is 18.1. The van der Waals surface area contributed by atoms with Crippen molar-refractivity contribution in [2.45, 2.75) is 50.3 Å². The number of methoxy groups -OCH3 is 1. The molecular weight excluding hydrogens is 503 g/mol. The number of hydrogen-bond donors (Lipinski definition) is 0. The van der Waals surface area contributed by atoms with E-state index in [0.717, 1.165) is 37.7 Å². The third-order valence-electron chi connectivity index (χ3n) is 7.38. The Bertz CT molecular complexity index is 1110. The van der Waals surface area contributed by atoms with Crippen LogP contribution in [0.4, 0.5) is 18.9 Å². The number of likely N-dealkylation sites (tertiary alicyclic amines) is 2. The van der Waals surface area contributed by atoms with Crippen molar-refractivity contribution in [1.29, 1.82) is 0 Å². The van der Waals surface area contributed by atoms with Gasteiger partial charge in [0.15, 0.2) is 0 Å². The molecule has 2 heterocycles. The Kier molecular flexibility index (Phi) is 8.76. The Balaban J connectivity index is 1.20. The van der Waals surface area contributed by atoms with E-state index < -0.39 is 22.4 Å². The number of carbonyl (C=O) groups excluding carboxylic acids is 1. The first-order valence-corrected chi connectivity index (χ1v) is 12.8. The Morgan fingerprint density at radius 1 is 1.00 bits per heavy atom. The maximum atomic E-state index is 13.2. The summed E-state index contributed by atoms with van der Waals surface area (Å²) < 4.78 is 50.6. The summed E-state index contributed by atoms with van der Waals surface area (Å²) in [5, 5.41) is 10.9. The van der Waals surface area contributed by atoms with E-state index in [1.165, 1.54) is 11.6 Å². The molecule has 11 heteroatoms. The van der Waals surface area contributed by atoms with Crippen LogP contribution in [0.3, 0.4) is 0 Å². The molecule has 2 aromatic rings. The van der Waals surface area contributed by atoms with Gasteiger partial charge in [-0.1, -0.05) is 12.1 Å². The average Bonchev–Trinajstić information content (AvgIpc) is 2.92. The van der Waals surface area contributed by atoms with E-state index in [9.17, 15) is 28.1 Å². The largest absolute Gasteiger partial charge is 0.497 e. The maximum Gasteiger partial charge on any atom is 0.423 e. The molecule has 1 amide bonds.